The molecule has 0 aliphatic carbocycles. The van der Waals surface area contributed by atoms with Crippen LogP contribution in [0.25, 0.3) is 11.3 Å². The molecule has 6 heteroatoms. The molecule has 2 aromatic carbocycles. The van der Waals surface area contributed by atoms with Crippen molar-refractivity contribution in [1.82, 2.24) is 20.4 Å². The highest BCUT2D eigenvalue weighted by molar-refractivity contribution is 5.93. The molecule has 2 heterocycles. The molecule has 1 aliphatic rings. The Labute approximate surface area is 171 Å². The van der Waals surface area contributed by atoms with Gasteiger partial charge in [-0.1, -0.05) is 48.5 Å². The number of aromatic nitrogens is 2. The number of rotatable bonds is 7. The Morgan fingerprint density at radius 3 is 2.38 bits per heavy atom. The Hall–Kier alpha value is -3.12. The summed E-state index contributed by atoms with van der Waals surface area (Å²) in [5.41, 5.74) is 3.58. The van der Waals surface area contributed by atoms with Crippen LogP contribution < -0.4 is 10.2 Å². The number of benzene rings is 2. The van der Waals surface area contributed by atoms with Gasteiger partial charge in [-0.05, 0) is 31.2 Å². The van der Waals surface area contributed by atoms with Crippen molar-refractivity contribution in [1.29, 1.82) is 0 Å². The summed E-state index contributed by atoms with van der Waals surface area (Å²) in [5, 5.41) is 10.1. The van der Waals surface area contributed by atoms with E-state index in [2.05, 4.69) is 55.6 Å². The number of aromatic amines is 1. The van der Waals surface area contributed by atoms with E-state index in [9.17, 15) is 4.79 Å². The molecule has 6 nitrogen and oxygen atoms in total. The number of anilines is 1. The lowest BCUT2D eigenvalue weighted by Gasteiger charge is -2.36. The Balaban J connectivity index is 1.17. The normalized spacial score (nSPS) is 14.7. The second kappa shape index (κ2) is 9.39. The first-order chi connectivity index (χ1) is 14.3. The van der Waals surface area contributed by atoms with E-state index in [1.165, 1.54) is 5.69 Å². The molecular formula is C23H27N5O. The third kappa shape index (κ3) is 5.03. The molecule has 1 aliphatic heterocycles. The summed E-state index contributed by atoms with van der Waals surface area (Å²) in [6, 6.07) is 22.2. The van der Waals surface area contributed by atoms with Crippen LogP contribution in [0, 0.1) is 0 Å². The predicted molar refractivity (Wildman–Crippen MR) is 116 cm³/mol. The van der Waals surface area contributed by atoms with Gasteiger partial charge in [0.25, 0.3) is 5.91 Å². The molecule has 29 heavy (non-hydrogen) atoms. The molecule has 0 unspecified atom stereocenters. The molecule has 1 saturated heterocycles. The standard InChI is InChI=1S/C23H27N5O/c29-23(22-18-21(25-26-22)19-8-3-1-4-9-19)24-12-7-13-27-14-16-28(17-15-27)20-10-5-2-6-11-20/h1-6,8-11,18H,7,12-17H2,(H,24,29)(H,25,26). The first-order valence-corrected chi connectivity index (χ1v) is 10.2. The highest BCUT2D eigenvalue weighted by Crippen LogP contribution is 2.17. The van der Waals surface area contributed by atoms with Crippen LogP contribution in [-0.2, 0) is 0 Å². The molecule has 1 amide bonds. The quantitative estimate of drug-likeness (QED) is 0.610. The van der Waals surface area contributed by atoms with Crippen molar-refractivity contribution in [2.45, 2.75) is 6.42 Å². The zero-order chi connectivity index (χ0) is 19.9. The summed E-state index contributed by atoms with van der Waals surface area (Å²) in [6.07, 6.45) is 0.941. The summed E-state index contributed by atoms with van der Waals surface area (Å²) >= 11 is 0. The summed E-state index contributed by atoms with van der Waals surface area (Å²) in [6.45, 7) is 5.88. The Bertz CT molecular complexity index is 901. The molecular weight excluding hydrogens is 362 g/mol. The largest absolute Gasteiger partial charge is 0.369 e. The smallest absolute Gasteiger partial charge is 0.269 e. The van der Waals surface area contributed by atoms with Crippen molar-refractivity contribution in [2.24, 2.45) is 0 Å². The Kier molecular flexibility index (Phi) is 6.22. The highest BCUT2D eigenvalue weighted by Gasteiger charge is 2.17. The summed E-state index contributed by atoms with van der Waals surface area (Å²) in [4.78, 5) is 17.2. The number of carbonyl (C=O) groups excluding carboxylic acids is 1. The Morgan fingerprint density at radius 2 is 1.66 bits per heavy atom. The number of H-pyrrole nitrogens is 1. The number of nitrogens with zero attached hydrogens (tertiary/aromatic N) is 3. The van der Waals surface area contributed by atoms with Gasteiger partial charge in [0.05, 0.1) is 5.69 Å². The topological polar surface area (TPSA) is 64.3 Å². The van der Waals surface area contributed by atoms with Crippen molar-refractivity contribution in [2.75, 3.05) is 44.2 Å². The fourth-order valence-corrected chi connectivity index (χ4v) is 3.66. The highest BCUT2D eigenvalue weighted by atomic mass is 16.1. The molecule has 150 valence electrons. The lowest BCUT2D eigenvalue weighted by molar-refractivity contribution is 0.0946. The number of piperazine rings is 1. The van der Waals surface area contributed by atoms with Gasteiger partial charge in [0.1, 0.15) is 5.69 Å². The van der Waals surface area contributed by atoms with E-state index >= 15 is 0 Å². The average molecular weight is 390 g/mol. The monoisotopic (exact) mass is 389 g/mol. The second-order valence-corrected chi connectivity index (χ2v) is 7.31. The number of para-hydroxylation sites is 1. The van der Waals surface area contributed by atoms with E-state index < -0.39 is 0 Å². The van der Waals surface area contributed by atoms with Crippen LogP contribution in [0.4, 0.5) is 5.69 Å². The molecule has 0 radical (unpaired) electrons. The maximum atomic E-state index is 12.3. The van der Waals surface area contributed by atoms with E-state index in [4.69, 9.17) is 0 Å². The fraction of sp³-hybridized carbons (Fsp3) is 0.304. The van der Waals surface area contributed by atoms with Crippen molar-refractivity contribution >= 4 is 11.6 Å². The van der Waals surface area contributed by atoms with Gasteiger partial charge in [-0.25, -0.2) is 0 Å². The zero-order valence-electron chi connectivity index (χ0n) is 16.6. The predicted octanol–water partition coefficient (Wildman–Crippen LogP) is 3.02. The molecule has 0 spiro atoms. The van der Waals surface area contributed by atoms with Gasteiger partial charge < -0.3 is 10.2 Å². The van der Waals surface area contributed by atoms with Crippen LogP contribution in [0.3, 0.4) is 0 Å². The first kappa shape index (κ1) is 19.2. The van der Waals surface area contributed by atoms with Crippen molar-refractivity contribution in [3.63, 3.8) is 0 Å². The van der Waals surface area contributed by atoms with Crippen LogP contribution in [0.15, 0.2) is 66.7 Å². The molecule has 0 saturated carbocycles. The number of nitrogens with one attached hydrogen (secondary N) is 2. The van der Waals surface area contributed by atoms with Gasteiger partial charge >= 0.3 is 0 Å². The molecule has 0 bridgehead atoms. The third-order valence-corrected chi connectivity index (χ3v) is 5.32. The summed E-state index contributed by atoms with van der Waals surface area (Å²) < 4.78 is 0. The Morgan fingerprint density at radius 1 is 0.966 bits per heavy atom. The van der Waals surface area contributed by atoms with Gasteiger partial charge in [-0.2, -0.15) is 5.10 Å². The van der Waals surface area contributed by atoms with Crippen LogP contribution in [0.5, 0.6) is 0 Å². The van der Waals surface area contributed by atoms with E-state index in [0.29, 0.717) is 12.2 Å². The zero-order valence-corrected chi connectivity index (χ0v) is 16.6. The van der Waals surface area contributed by atoms with Crippen LogP contribution >= 0.6 is 0 Å². The minimum absolute atomic E-state index is 0.103. The van der Waals surface area contributed by atoms with E-state index in [-0.39, 0.29) is 5.91 Å². The van der Waals surface area contributed by atoms with Crippen molar-refractivity contribution in [3.8, 4) is 11.3 Å². The molecule has 1 aromatic heterocycles. The molecule has 1 fully saturated rings. The third-order valence-electron chi connectivity index (χ3n) is 5.32. The molecule has 3 aromatic rings. The number of hydrogen-bond donors (Lipinski definition) is 2. The minimum atomic E-state index is -0.103. The summed E-state index contributed by atoms with van der Waals surface area (Å²) in [5.74, 6) is -0.103. The van der Waals surface area contributed by atoms with Crippen molar-refractivity contribution in [3.05, 3.63) is 72.4 Å². The van der Waals surface area contributed by atoms with E-state index in [0.717, 1.165) is 50.4 Å². The maximum Gasteiger partial charge on any atom is 0.269 e. The van der Waals surface area contributed by atoms with E-state index in [1.807, 2.05) is 30.3 Å². The van der Waals surface area contributed by atoms with E-state index in [1.54, 1.807) is 6.07 Å². The van der Waals surface area contributed by atoms with Gasteiger partial charge in [0.2, 0.25) is 0 Å². The molecule has 4 rings (SSSR count). The minimum Gasteiger partial charge on any atom is -0.369 e. The first-order valence-electron chi connectivity index (χ1n) is 10.2. The lowest BCUT2D eigenvalue weighted by Crippen LogP contribution is -2.47. The van der Waals surface area contributed by atoms with Gasteiger partial charge in [-0.3, -0.25) is 14.8 Å². The lowest BCUT2D eigenvalue weighted by atomic mass is 10.1. The average Bonchev–Trinajstić information content (AvgIpc) is 3.29. The number of hydrogen-bond acceptors (Lipinski definition) is 4. The van der Waals surface area contributed by atoms with Crippen molar-refractivity contribution < 1.29 is 4.79 Å². The SMILES string of the molecule is O=C(NCCCN1CCN(c2ccccc2)CC1)c1cc(-c2ccccc2)n[nH]1. The van der Waals surface area contributed by atoms with Gasteiger partial charge in [0, 0.05) is 44.0 Å². The molecule has 2 N–H and O–H groups in total. The van der Waals surface area contributed by atoms with Crippen LogP contribution in [0.2, 0.25) is 0 Å². The fourth-order valence-electron chi connectivity index (χ4n) is 3.66. The van der Waals surface area contributed by atoms with Gasteiger partial charge in [-0.15, -0.1) is 0 Å². The number of carbonyl (C=O) groups is 1. The van der Waals surface area contributed by atoms with Crippen LogP contribution in [-0.4, -0.2) is 60.3 Å². The molecule has 0 atom stereocenters. The van der Waals surface area contributed by atoms with Crippen LogP contribution in [0.1, 0.15) is 16.9 Å². The summed E-state index contributed by atoms with van der Waals surface area (Å²) in [7, 11) is 0. The van der Waals surface area contributed by atoms with Gasteiger partial charge in [0.15, 0.2) is 0 Å². The maximum absolute atomic E-state index is 12.3. The number of amides is 1. The second-order valence-electron chi connectivity index (χ2n) is 7.31.